The van der Waals surface area contributed by atoms with E-state index in [2.05, 4.69) is 27.3 Å². The molecule has 6 nitrogen and oxygen atoms in total. The number of benzene rings is 1. The number of nitro benzene ring substituents is 1. The molecule has 0 heterocycles. The first-order chi connectivity index (χ1) is 9.47. The number of rotatable bonds is 3. The van der Waals surface area contributed by atoms with Crippen molar-refractivity contribution in [3.8, 4) is 6.07 Å². The Morgan fingerprint density at radius 3 is 2.65 bits per heavy atom. The highest BCUT2D eigenvalue weighted by Gasteiger charge is 2.36. The van der Waals surface area contributed by atoms with E-state index in [4.69, 9.17) is 0 Å². The zero-order chi connectivity index (χ0) is 14.8. The van der Waals surface area contributed by atoms with Crippen molar-refractivity contribution in [3.05, 3.63) is 38.3 Å². The van der Waals surface area contributed by atoms with E-state index in [9.17, 15) is 20.2 Å². The van der Waals surface area contributed by atoms with E-state index in [1.54, 1.807) is 0 Å². The summed E-state index contributed by atoms with van der Waals surface area (Å²) in [6.07, 6.45) is 3.01. The van der Waals surface area contributed by atoms with Gasteiger partial charge in [-0.1, -0.05) is 0 Å². The van der Waals surface area contributed by atoms with Gasteiger partial charge < -0.3 is 5.32 Å². The number of carbonyl (C=O) groups excluding carboxylic acids is 1. The third kappa shape index (κ3) is 2.80. The van der Waals surface area contributed by atoms with Crippen LogP contribution in [0.15, 0.2) is 22.7 Å². The number of nitriles is 1. The Bertz CT molecular complexity index is 603. The molecule has 1 saturated carbocycles. The molecule has 1 amide bonds. The molecule has 0 aromatic heterocycles. The van der Waals surface area contributed by atoms with Gasteiger partial charge in [0.1, 0.15) is 5.54 Å². The van der Waals surface area contributed by atoms with E-state index < -0.39 is 16.4 Å². The van der Waals surface area contributed by atoms with Crippen LogP contribution in [0.2, 0.25) is 0 Å². The van der Waals surface area contributed by atoms with Gasteiger partial charge in [-0.25, -0.2) is 0 Å². The number of nitro groups is 1. The molecule has 0 radical (unpaired) electrons. The summed E-state index contributed by atoms with van der Waals surface area (Å²) in [4.78, 5) is 22.4. The average Bonchev–Trinajstić information content (AvgIpc) is 2.88. The lowest BCUT2D eigenvalue weighted by Gasteiger charge is -2.22. The SMILES string of the molecule is N#CC1(NC(=O)c2cc([N+](=O)[O-])ccc2Br)CCCC1. The minimum Gasteiger partial charge on any atom is -0.334 e. The van der Waals surface area contributed by atoms with Crippen molar-refractivity contribution in [2.75, 3.05) is 0 Å². The van der Waals surface area contributed by atoms with Crippen LogP contribution in [0.5, 0.6) is 0 Å². The van der Waals surface area contributed by atoms with Gasteiger partial charge >= 0.3 is 0 Å². The molecule has 104 valence electrons. The number of halogens is 1. The largest absolute Gasteiger partial charge is 0.334 e. The maximum atomic E-state index is 12.2. The summed E-state index contributed by atoms with van der Waals surface area (Å²) >= 11 is 3.20. The van der Waals surface area contributed by atoms with Gasteiger partial charge in [-0.2, -0.15) is 5.26 Å². The van der Waals surface area contributed by atoms with E-state index in [1.165, 1.54) is 18.2 Å². The lowest BCUT2D eigenvalue weighted by Crippen LogP contribution is -2.45. The first-order valence-electron chi connectivity index (χ1n) is 6.15. The molecule has 1 aliphatic carbocycles. The van der Waals surface area contributed by atoms with Crippen LogP contribution in [-0.4, -0.2) is 16.4 Å². The van der Waals surface area contributed by atoms with Crippen molar-refractivity contribution in [1.29, 1.82) is 5.26 Å². The monoisotopic (exact) mass is 337 g/mol. The van der Waals surface area contributed by atoms with Gasteiger partial charge in [0.05, 0.1) is 16.6 Å². The highest BCUT2D eigenvalue weighted by Crippen LogP contribution is 2.30. The molecule has 2 rings (SSSR count). The summed E-state index contributed by atoms with van der Waals surface area (Å²) < 4.78 is 0.465. The second-order valence-electron chi connectivity index (χ2n) is 4.78. The van der Waals surface area contributed by atoms with Crippen molar-refractivity contribution < 1.29 is 9.72 Å². The lowest BCUT2D eigenvalue weighted by atomic mass is 9.99. The van der Waals surface area contributed by atoms with Crippen LogP contribution in [0.3, 0.4) is 0 Å². The molecule has 1 aromatic rings. The minimum atomic E-state index is -0.846. The fourth-order valence-electron chi connectivity index (χ4n) is 2.33. The topological polar surface area (TPSA) is 96.0 Å². The van der Waals surface area contributed by atoms with E-state index in [0.29, 0.717) is 17.3 Å². The number of nitrogens with one attached hydrogen (secondary N) is 1. The third-order valence-electron chi connectivity index (χ3n) is 3.43. The molecule has 0 unspecified atom stereocenters. The van der Waals surface area contributed by atoms with Gasteiger partial charge in [0.2, 0.25) is 0 Å². The van der Waals surface area contributed by atoms with Crippen molar-refractivity contribution in [2.24, 2.45) is 0 Å². The zero-order valence-corrected chi connectivity index (χ0v) is 12.1. The van der Waals surface area contributed by atoms with Crippen LogP contribution in [0.4, 0.5) is 5.69 Å². The average molecular weight is 338 g/mol. The van der Waals surface area contributed by atoms with Gasteiger partial charge in [-0.15, -0.1) is 0 Å². The van der Waals surface area contributed by atoms with Gasteiger partial charge in [0, 0.05) is 16.6 Å². The van der Waals surface area contributed by atoms with Crippen LogP contribution in [-0.2, 0) is 0 Å². The molecule has 0 atom stereocenters. The molecule has 0 saturated heterocycles. The minimum absolute atomic E-state index is 0.157. The zero-order valence-electron chi connectivity index (χ0n) is 10.6. The molecule has 20 heavy (non-hydrogen) atoms. The Morgan fingerprint density at radius 1 is 1.45 bits per heavy atom. The van der Waals surface area contributed by atoms with Gasteiger partial charge in [0.25, 0.3) is 11.6 Å². The molecule has 0 bridgehead atoms. The standard InChI is InChI=1S/C13H12BrN3O3/c14-11-4-3-9(17(19)20)7-10(11)12(18)16-13(8-15)5-1-2-6-13/h3-4,7H,1-2,5-6H2,(H,16,18). The summed E-state index contributed by atoms with van der Waals surface area (Å²) in [7, 11) is 0. The number of amides is 1. The van der Waals surface area contributed by atoms with Crippen LogP contribution in [0.25, 0.3) is 0 Å². The molecule has 1 N–H and O–H groups in total. The number of hydrogen-bond acceptors (Lipinski definition) is 4. The molecule has 7 heteroatoms. The first kappa shape index (κ1) is 14.5. The maximum Gasteiger partial charge on any atom is 0.270 e. The van der Waals surface area contributed by atoms with E-state index >= 15 is 0 Å². The summed E-state index contributed by atoms with van der Waals surface area (Å²) in [6, 6.07) is 6.14. The first-order valence-corrected chi connectivity index (χ1v) is 6.94. The van der Waals surface area contributed by atoms with Crippen LogP contribution >= 0.6 is 15.9 Å². The Kier molecular flexibility index (Phi) is 4.04. The quantitative estimate of drug-likeness (QED) is 0.677. The Hall–Kier alpha value is -1.94. The molecular formula is C13H12BrN3O3. The molecule has 0 spiro atoms. The lowest BCUT2D eigenvalue weighted by molar-refractivity contribution is -0.384. The number of carbonyl (C=O) groups is 1. The number of non-ortho nitro benzene ring substituents is 1. The van der Waals surface area contributed by atoms with Gasteiger partial charge in [0.15, 0.2) is 0 Å². The van der Waals surface area contributed by atoms with Crippen molar-refractivity contribution in [2.45, 2.75) is 31.2 Å². The Labute approximate surface area is 124 Å². The van der Waals surface area contributed by atoms with Gasteiger partial charge in [-0.3, -0.25) is 14.9 Å². The van der Waals surface area contributed by atoms with Crippen molar-refractivity contribution in [1.82, 2.24) is 5.32 Å². The fraction of sp³-hybridized carbons (Fsp3) is 0.385. The smallest absolute Gasteiger partial charge is 0.270 e. The van der Waals surface area contributed by atoms with Gasteiger partial charge in [-0.05, 0) is 47.7 Å². The summed E-state index contributed by atoms with van der Waals surface area (Å²) in [5, 5.41) is 22.7. The fourth-order valence-corrected chi connectivity index (χ4v) is 2.76. The number of hydrogen-bond donors (Lipinski definition) is 1. The second-order valence-corrected chi connectivity index (χ2v) is 5.63. The summed E-state index contributed by atoms with van der Waals surface area (Å²) in [5.74, 6) is -0.468. The van der Waals surface area contributed by atoms with Crippen LogP contribution < -0.4 is 5.32 Å². The van der Waals surface area contributed by atoms with Crippen LogP contribution in [0.1, 0.15) is 36.0 Å². The van der Waals surface area contributed by atoms with Crippen molar-refractivity contribution >= 4 is 27.5 Å². The molecule has 1 aromatic carbocycles. The highest BCUT2D eigenvalue weighted by atomic mass is 79.9. The second kappa shape index (κ2) is 5.59. The number of nitrogens with zero attached hydrogens (tertiary/aromatic N) is 2. The van der Waals surface area contributed by atoms with E-state index in [0.717, 1.165) is 12.8 Å². The Balaban J connectivity index is 2.27. The molecular weight excluding hydrogens is 326 g/mol. The predicted octanol–water partition coefficient (Wildman–Crippen LogP) is 2.92. The Morgan fingerprint density at radius 2 is 2.10 bits per heavy atom. The summed E-state index contributed by atoms with van der Waals surface area (Å²) in [5.41, 5.74) is -0.835. The molecule has 0 aliphatic heterocycles. The van der Waals surface area contributed by atoms with E-state index in [1.807, 2.05) is 0 Å². The molecule has 1 fully saturated rings. The van der Waals surface area contributed by atoms with Crippen molar-refractivity contribution in [3.63, 3.8) is 0 Å². The normalized spacial score (nSPS) is 16.4. The van der Waals surface area contributed by atoms with Crippen LogP contribution in [0, 0.1) is 21.4 Å². The maximum absolute atomic E-state index is 12.2. The summed E-state index contributed by atoms with van der Waals surface area (Å²) in [6.45, 7) is 0. The van der Waals surface area contributed by atoms with E-state index in [-0.39, 0.29) is 11.3 Å². The molecule has 1 aliphatic rings. The highest BCUT2D eigenvalue weighted by molar-refractivity contribution is 9.10. The predicted molar refractivity (Wildman–Crippen MR) is 75.1 cm³/mol. The third-order valence-corrected chi connectivity index (χ3v) is 4.12.